The van der Waals surface area contributed by atoms with Crippen LogP contribution in [0.3, 0.4) is 0 Å². The van der Waals surface area contributed by atoms with Crippen LogP contribution in [0.5, 0.6) is 0 Å². The van der Waals surface area contributed by atoms with Crippen LogP contribution in [-0.2, 0) is 17.1 Å². The molecule has 0 saturated carbocycles. The molecular formula is C38H32FeO2P2. The molecule has 0 aromatic heterocycles. The first-order chi connectivity index (χ1) is 20.5. The van der Waals surface area contributed by atoms with E-state index in [1.807, 2.05) is 48.6 Å². The van der Waals surface area contributed by atoms with E-state index in [1.165, 1.54) is 31.8 Å². The summed E-state index contributed by atoms with van der Waals surface area (Å²) in [7, 11) is -1.20. The van der Waals surface area contributed by atoms with Crippen LogP contribution >= 0.6 is 15.8 Å². The van der Waals surface area contributed by atoms with Crippen molar-refractivity contribution in [2.45, 2.75) is 13.8 Å². The van der Waals surface area contributed by atoms with Crippen LogP contribution in [0.15, 0.2) is 191 Å². The van der Waals surface area contributed by atoms with Crippen LogP contribution in [0.2, 0.25) is 0 Å². The van der Waals surface area contributed by atoms with E-state index in [0.717, 1.165) is 11.1 Å². The Bertz CT molecular complexity index is 1470. The summed E-state index contributed by atoms with van der Waals surface area (Å²) in [6, 6.07) is 42.0. The van der Waals surface area contributed by atoms with Gasteiger partial charge in [0.1, 0.15) is 0 Å². The number of hydrogen-bond donors (Lipinski definition) is 0. The number of rotatable bonds is 6. The minimum atomic E-state index is -0.602. The fourth-order valence-corrected chi connectivity index (χ4v) is 9.43. The fourth-order valence-electron chi connectivity index (χ4n) is 4.78. The Morgan fingerprint density at radius 1 is 0.419 bits per heavy atom. The first-order valence-electron chi connectivity index (χ1n) is 13.9. The Kier molecular flexibility index (Phi) is 11.7. The summed E-state index contributed by atoms with van der Waals surface area (Å²) in [6.07, 6.45) is 12.1. The van der Waals surface area contributed by atoms with Gasteiger partial charge in [-0.1, -0.05) is 159 Å². The fraction of sp³-hybridized carbons (Fsp3) is 0.0526. The second-order valence-electron chi connectivity index (χ2n) is 9.84. The molecule has 0 heterocycles. The molecule has 2 aliphatic carbocycles. The van der Waals surface area contributed by atoms with Crippen molar-refractivity contribution in [1.82, 2.24) is 0 Å². The molecule has 0 fully saturated rings. The summed E-state index contributed by atoms with van der Waals surface area (Å²) in [6.45, 7) is 3.23. The first-order valence-corrected chi connectivity index (χ1v) is 16.6. The average molecular weight is 638 g/mol. The Morgan fingerprint density at radius 2 is 0.674 bits per heavy atom. The zero-order valence-corrected chi connectivity index (χ0v) is 27.0. The van der Waals surface area contributed by atoms with Gasteiger partial charge in [0.15, 0.2) is 0 Å². The molecule has 2 aliphatic rings. The van der Waals surface area contributed by atoms with Gasteiger partial charge in [-0.15, -0.1) is 11.5 Å². The first kappa shape index (κ1) is 32.2. The molecule has 0 N–H and O–H groups in total. The molecule has 4 aromatic carbocycles. The molecule has 0 amide bonds. The van der Waals surface area contributed by atoms with Gasteiger partial charge in [0.05, 0.1) is 0 Å². The molecule has 5 heteroatoms. The molecule has 214 valence electrons. The quantitative estimate of drug-likeness (QED) is 0.139. The number of hydrogen-bond acceptors (Lipinski definition) is 2. The van der Waals surface area contributed by atoms with Crippen molar-refractivity contribution >= 4 is 37.1 Å². The van der Waals surface area contributed by atoms with E-state index < -0.39 is 15.8 Å². The van der Waals surface area contributed by atoms with Crippen LogP contribution in [0.4, 0.5) is 0 Å². The van der Waals surface area contributed by atoms with E-state index in [2.05, 4.69) is 109 Å². The minimum Gasteiger partial charge on any atom is -0.875 e. The molecule has 0 unspecified atom stereocenters. The van der Waals surface area contributed by atoms with Crippen LogP contribution < -0.4 is 31.4 Å². The van der Waals surface area contributed by atoms with Crippen LogP contribution in [0, 0.1) is 0 Å². The molecule has 2 nitrogen and oxygen atoms in total. The Hall–Kier alpha value is -3.70. The molecule has 6 rings (SSSR count). The van der Waals surface area contributed by atoms with Crippen molar-refractivity contribution in [3.8, 4) is 0 Å². The zero-order chi connectivity index (χ0) is 29.3. The maximum absolute atomic E-state index is 11.6. The molecule has 0 saturated heterocycles. The minimum absolute atomic E-state index is 0. The van der Waals surface area contributed by atoms with Crippen molar-refractivity contribution in [2.24, 2.45) is 0 Å². The maximum Gasteiger partial charge on any atom is 2.00 e. The summed E-state index contributed by atoms with van der Waals surface area (Å²) >= 11 is 0. The van der Waals surface area contributed by atoms with Crippen molar-refractivity contribution < 1.29 is 27.3 Å². The van der Waals surface area contributed by atoms with Crippen LogP contribution in [-0.4, -0.2) is 0 Å². The number of benzene rings is 4. The third-order valence-corrected chi connectivity index (χ3v) is 11.7. The van der Waals surface area contributed by atoms with Gasteiger partial charge in [0.2, 0.25) is 0 Å². The molecule has 0 bridgehead atoms. The summed E-state index contributed by atoms with van der Waals surface area (Å²) in [5.74, 6) is 0.245. The van der Waals surface area contributed by atoms with Crippen LogP contribution in [0.25, 0.3) is 0 Å². The van der Waals surface area contributed by atoms with E-state index in [-0.39, 0.29) is 28.6 Å². The van der Waals surface area contributed by atoms with Crippen molar-refractivity contribution in [3.63, 3.8) is 0 Å². The molecule has 4 aromatic rings. The van der Waals surface area contributed by atoms with Gasteiger partial charge >= 0.3 is 17.1 Å². The van der Waals surface area contributed by atoms with Gasteiger partial charge in [0.25, 0.3) is 0 Å². The maximum atomic E-state index is 11.6. The summed E-state index contributed by atoms with van der Waals surface area (Å²) in [4.78, 5) is 0. The molecule has 0 radical (unpaired) electrons. The van der Waals surface area contributed by atoms with E-state index in [1.54, 1.807) is 13.8 Å². The summed E-state index contributed by atoms with van der Waals surface area (Å²) < 4.78 is 0. The summed E-state index contributed by atoms with van der Waals surface area (Å²) in [5, 5.41) is 30.8. The Labute approximate surface area is 268 Å². The van der Waals surface area contributed by atoms with E-state index in [4.69, 9.17) is 0 Å². The topological polar surface area (TPSA) is 46.1 Å². The smallest absolute Gasteiger partial charge is 0.875 e. The number of allylic oxidation sites excluding steroid dienone is 12. The normalized spacial score (nSPS) is 15.8. The van der Waals surface area contributed by atoms with Crippen molar-refractivity contribution in [3.05, 3.63) is 191 Å². The van der Waals surface area contributed by atoms with E-state index in [9.17, 15) is 10.2 Å². The predicted molar refractivity (Wildman–Crippen MR) is 178 cm³/mol. The Morgan fingerprint density at radius 3 is 0.884 bits per heavy atom. The average Bonchev–Trinajstić information content (AvgIpc) is 3.72. The third kappa shape index (κ3) is 8.23. The van der Waals surface area contributed by atoms with Gasteiger partial charge in [-0.2, -0.15) is 0 Å². The SMILES string of the molecule is CC([O-])=C1C=CC(P(c2ccccc2)c2ccccc2)=C1.CC([O-])=C1C=CC(P(c2ccccc2)c2ccccc2)=C1.[Fe+2]. The summed E-state index contributed by atoms with van der Waals surface area (Å²) in [5.41, 5.74) is 1.59. The second-order valence-corrected chi connectivity index (χ2v) is 14.3. The standard InChI is InChI=1S/2C19H17OP.Fe/c2*1-15(20)16-12-13-19(14-16)21(17-8-4-2-5-9-17)18-10-6-3-7-11-18;/h2*2-14,20H,1H3;/q;;+2/p-2. The predicted octanol–water partition coefficient (Wildman–Crippen LogP) is 6.41. The second kappa shape index (κ2) is 15.7. The molecule has 43 heavy (non-hydrogen) atoms. The molecule has 0 atom stereocenters. The van der Waals surface area contributed by atoms with E-state index in [0.29, 0.717) is 0 Å². The van der Waals surface area contributed by atoms with Gasteiger partial charge in [-0.25, -0.2) is 0 Å². The Balaban J connectivity index is 0.000000192. The molecule has 0 aliphatic heterocycles. The molecule has 0 spiro atoms. The van der Waals surface area contributed by atoms with Gasteiger partial charge in [0, 0.05) is 0 Å². The van der Waals surface area contributed by atoms with E-state index >= 15 is 0 Å². The monoisotopic (exact) mass is 638 g/mol. The molecular weight excluding hydrogens is 606 g/mol. The third-order valence-electron chi connectivity index (χ3n) is 6.86. The van der Waals surface area contributed by atoms with Gasteiger partial charge < -0.3 is 10.2 Å². The zero-order valence-electron chi connectivity index (χ0n) is 24.1. The van der Waals surface area contributed by atoms with Crippen LogP contribution in [0.1, 0.15) is 13.8 Å². The van der Waals surface area contributed by atoms with Crippen molar-refractivity contribution in [2.75, 3.05) is 0 Å². The van der Waals surface area contributed by atoms with Crippen molar-refractivity contribution in [1.29, 1.82) is 0 Å². The largest absolute Gasteiger partial charge is 2.00 e. The van der Waals surface area contributed by atoms with Gasteiger partial charge in [-0.3, -0.25) is 0 Å². The van der Waals surface area contributed by atoms with Gasteiger partial charge in [-0.05, 0) is 71.0 Å².